The number of amides is 1. The van der Waals surface area contributed by atoms with Crippen LogP contribution in [0.4, 0.5) is 0 Å². The van der Waals surface area contributed by atoms with Crippen LogP contribution in [0.2, 0.25) is 0 Å². The van der Waals surface area contributed by atoms with Crippen LogP contribution in [0.25, 0.3) is 0 Å². The van der Waals surface area contributed by atoms with E-state index in [0.29, 0.717) is 36.1 Å². The third-order valence-corrected chi connectivity index (χ3v) is 5.44. The molecule has 7 heteroatoms. The molecule has 0 spiro atoms. The molecule has 0 bridgehead atoms. The van der Waals surface area contributed by atoms with E-state index in [4.69, 9.17) is 9.47 Å². The predicted octanol–water partition coefficient (Wildman–Crippen LogP) is 3.46. The molecule has 6 nitrogen and oxygen atoms in total. The molecule has 3 rings (SSSR count). The van der Waals surface area contributed by atoms with Crippen LogP contribution in [0.1, 0.15) is 45.8 Å². The third-order valence-electron chi connectivity index (χ3n) is 4.40. The molecule has 28 heavy (non-hydrogen) atoms. The van der Waals surface area contributed by atoms with E-state index in [-0.39, 0.29) is 43.2 Å². The smallest absolute Gasteiger partial charge is 0.220 e. The Morgan fingerprint density at radius 1 is 1.00 bits per heavy atom. The van der Waals surface area contributed by atoms with Gasteiger partial charge in [0.05, 0.1) is 4.88 Å². The zero-order valence-electron chi connectivity index (χ0n) is 15.8. The molecule has 0 atom stereocenters. The van der Waals surface area contributed by atoms with E-state index in [1.165, 1.54) is 11.3 Å². The maximum Gasteiger partial charge on any atom is 0.220 e. The zero-order valence-corrected chi connectivity index (χ0v) is 16.6. The van der Waals surface area contributed by atoms with Gasteiger partial charge in [0.1, 0.15) is 19.0 Å². The van der Waals surface area contributed by atoms with Crippen molar-refractivity contribution < 1.29 is 23.9 Å². The molecule has 2 aromatic rings. The van der Waals surface area contributed by atoms with Crippen LogP contribution in [0, 0.1) is 6.92 Å². The van der Waals surface area contributed by atoms with Crippen molar-refractivity contribution >= 4 is 28.8 Å². The molecular formula is C21H23NO5S. The van der Waals surface area contributed by atoms with E-state index in [9.17, 15) is 14.4 Å². The molecule has 0 saturated heterocycles. The number of carbonyl (C=O) groups excluding carboxylic acids is 3. The first kappa shape index (κ1) is 20.1. The van der Waals surface area contributed by atoms with E-state index < -0.39 is 0 Å². The number of carbonyl (C=O) groups is 3. The number of benzene rings is 1. The van der Waals surface area contributed by atoms with Gasteiger partial charge in [-0.2, -0.15) is 0 Å². The summed E-state index contributed by atoms with van der Waals surface area (Å²) >= 11 is 1.44. The summed E-state index contributed by atoms with van der Waals surface area (Å²) in [6.45, 7) is 3.25. The fourth-order valence-electron chi connectivity index (χ4n) is 2.89. The quantitative estimate of drug-likeness (QED) is 0.651. The van der Waals surface area contributed by atoms with Crippen molar-refractivity contribution in [2.45, 2.75) is 39.2 Å². The Bertz CT molecular complexity index is 873. The van der Waals surface area contributed by atoms with E-state index >= 15 is 0 Å². The summed E-state index contributed by atoms with van der Waals surface area (Å²) in [4.78, 5) is 37.8. The average molecular weight is 401 g/mol. The van der Waals surface area contributed by atoms with Crippen LogP contribution >= 0.6 is 11.3 Å². The summed E-state index contributed by atoms with van der Waals surface area (Å²) < 4.78 is 11.1. The fourth-order valence-corrected chi connectivity index (χ4v) is 3.73. The lowest BCUT2D eigenvalue weighted by Gasteiger charge is -2.21. The number of thiophene rings is 1. The van der Waals surface area contributed by atoms with Crippen LogP contribution in [0.3, 0.4) is 0 Å². The first-order chi connectivity index (χ1) is 13.5. The Morgan fingerprint density at radius 3 is 2.57 bits per heavy atom. The SMILES string of the molecule is Cc1ccc(C(=O)CCC(=O)CCC(=O)NCc2cccc3c2OCCO3)s1. The van der Waals surface area contributed by atoms with Crippen molar-refractivity contribution in [1.29, 1.82) is 0 Å². The Morgan fingerprint density at radius 2 is 1.79 bits per heavy atom. The van der Waals surface area contributed by atoms with Crippen molar-refractivity contribution in [3.8, 4) is 11.5 Å². The first-order valence-electron chi connectivity index (χ1n) is 9.28. The molecule has 1 aliphatic heterocycles. The van der Waals surface area contributed by atoms with Crippen molar-refractivity contribution in [2.75, 3.05) is 13.2 Å². The molecule has 2 heterocycles. The van der Waals surface area contributed by atoms with E-state index in [0.717, 1.165) is 10.4 Å². The lowest BCUT2D eigenvalue weighted by Crippen LogP contribution is -2.24. The monoisotopic (exact) mass is 401 g/mol. The van der Waals surface area contributed by atoms with E-state index in [1.54, 1.807) is 6.07 Å². The van der Waals surface area contributed by atoms with Gasteiger partial charge in [0.25, 0.3) is 0 Å². The van der Waals surface area contributed by atoms with Gasteiger partial charge < -0.3 is 14.8 Å². The van der Waals surface area contributed by atoms with Crippen molar-refractivity contribution in [3.05, 3.63) is 45.6 Å². The van der Waals surface area contributed by atoms with Crippen molar-refractivity contribution in [1.82, 2.24) is 5.32 Å². The number of aryl methyl sites for hydroxylation is 1. The van der Waals surface area contributed by atoms with E-state index in [2.05, 4.69) is 5.32 Å². The largest absolute Gasteiger partial charge is 0.486 e. The molecule has 1 aliphatic rings. The molecule has 1 N–H and O–H groups in total. The minimum atomic E-state index is -0.206. The number of ketones is 2. The number of ether oxygens (including phenoxy) is 2. The second kappa shape index (κ2) is 9.50. The number of nitrogens with one attached hydrogen (secondary N) is 1. The van der Waals surface area contributed by atoms with Gasteiger partial charge in [-0.05, 0) is 25.1 Å². The Hall–Kier alpha value is -2.67. The minimum absolute atomic E-state index is 0.0213. The summed E-state index contributed by atoms with van der Waals surface area (Å²) in [5.74, 6) is 1.03. The number of hydrogen-bond acceptors (Lipinski definition) is 6. The van der Waals surface area contributed by atoms with E-state index in [1.807, 2.05) is 31.2 Å². The molecule has 0 unspecified atom stereocenters. The summed E-state index contributed by atoms with van der Waals surface area (Å²) in [6.07, 6.45) is 0.598. The maximum absolute atomic E-state index is 12.1. The highest BCUT2D eigenvalue weighted by molar-refractivity contribution is 7.14. The average Bonchev–Trinajstić information content (AvgIpc) is 3.15. The summed E-state index contributed by atoms with van der Waals surface area (Å²) in [6, 6.07) is 9.24. The van der Waals surface area contributed by atoms with Gasteiger partial charge in [-0.25, -0.2) is 0 Å². The molecule has 1 aromatic carbocycles. The molecular weight excluding hydrogens is 378 g/mol. The Labute approximate surface area is 167 Å². The first-order valence-corrected chi connectivity index (χ1v) is 10.1. The number of Topliss-reactive ketones (excluding diaryl/α,β-unsaturated/α-hetero) is 2. The maximum atomic E-state index is 12.1. The van der Waals surface area contributed by atoms with Gasteiger partial charge in [0.15, 0.2) is 17.3 Å². The molecule has 1 aromatic heterocycles. The minimum Gasteiger partial charge on any atom is -0.486 e. The zero-order chi connectivity index (χ0) is 19.9. The van der Waals surface area contributed by atoms with Crippen molar-refractivity contribution in [3.63, 3.8) is 0 Å². The molecule has 0 aliphatic carbocycles. The van der Waals surface area contributed by atoms with Crippen LogP contribution in [0.5, 0.6) is 11.5 Å². The lowest BCUT2D eigenvalue weighted by atomic mass is 10.1. The number of rotatable bonds is 9. The van der Waals surface area contributed by atoms with Crippen molar-refractivity contribution in [2.24, 2.45) is 0 Å². The Kier molecular flexibility index (Phi) is 6.81. The summed E-state index contributed by atoms with van der Waals surface area (Å²) in [5, 5.41) is 2.81. The number of hydrogen-bond donors (Lipinski definition) is 1. The topological polar surface area (TPSA) is 81.7 Å². The fraction of sp³-hybridized carbons (Fsp3) is 0.381. The highest BCUT2D eigenvalue weighted by atomic mass is 32.1. The number of para-hydroxylation sites is 1. The normalized spacial score (nSPS) is 12.5. The molecule has 148 valence electrons. The van der Waals surface area contributed by atoms with Gasteiger partial charge in [-0.15, -0.1) is 11.3 Å². The van der Waals surface area contributed by atoms with Crippen LogP contribution < -0.4 is 14.8 Å². The van der Waals surface area contributed by atoms with Gasteiger partial charge in [-0.3, -0.25) is 14.4 Å². The predicted molar refractivity (Wildman–Crippen MR) is 106 cm³/mol. The molecule has 1 amide bonds. The van der Waals surface area contributed by atoms with Crippen LogP contribution in [0.15, 0.2) is 30.3 Å². The third kappa shape index (κ3) is 5.42. The summed E-state index contributed by atoms with van der Waals surface area (Å²) in [5.41, 5.74) is 0.841. The van der Waals surface area contributed by atoms with Gasteiger partial charge >= 0.3 is 0 Å². The Balaban J connectivity index is 1.38. The second-order valence-electron chi connectivity index (χ2n) is 6.59. The highest BCUT2D eigenvalue weighted by Crippen LogP contribution is 2.33. The summed E-state index contributed by atoms with van der Waals surface area (Å²) in [7, 11) is 0. The van der Waals surface area contributed by atoms with Gasteiger partial charge in [0.2, 0.25) is 5.91 Å². The van der Waals surface area contributed by atoms with Gasteiger partial charge in [-0.1, -0.05) is 12.1 Å². The molecule has 0 fully saturated rings. The van der Waals surface area contributed by atoms with Crippen LogP contribution in [-0.4, -0.2) is 30.7 Å². The lowest BCUT2D eigenvalue weighted by molar-refractivity contribution is -0.125. The number of fused-ring (bicyclic) bond motifs is 1. The van der Waals surface area contributed by atoms with Crippen LogP contribution in [-0.2, 0) is 16.1 Å². The molecule has 0 saturated carbocycles. The highest BCUT2D eigenvalue weighted by Gasteiger charge is 2.16. The second-order valence-corrected chi connectivity index (χ2v) is 7.88. The van der Waals surface area contributed by atoms with Gasteiger partial charge in [0, 0.05) is 42.7 Å². The molecule has 0 radical (unpaired) electrons. The standard InChI is InChI=1S/C21H23NO5S/c1-14-5-9-19(28-14)17(24)8-6-16(23)7-10-20(25)22-13-15-3-2-4-18-21(15)27-12-11-26-18/h2-5,9H,6-8,10-13H2,1H3,(H,22,25).